The summed E-state index contributed by atoms with van der Waals surface area (Å²) in [7, 11) is 0. The maximum Gasteiger partial charge on any atom is 0.179 e. The van der Waals surface area contributed by atoms with Crippen LogP contribution >= 0.6 is 0 Å². The van der Waals surface area contributed by atoms with Crippen LogP contribution in [0.1, 0.15) is 24.6 Å². The highest BCUT2D eigenvalue weighted by Crippen LogP contribution is 2.24. The Balaban J connectivity index is 1.78. The van der Waals surface area contributed by atoms with Crippen molar-refractivity contribution in [3.8, 4) is 11.5 Å². The monoisotopic (exact) mass is 269 g/mol. The fraction of sp³-hybridized carbons (Fsp3) is 0.467. The van der Waals surface area contributed by atoms with Crippen LogP contribution in [0.3, 0.4) is 0 Å². The van der Waals surface area contributed by atoms with E-state index in [0.717, 1.165) is 31.6 Å². The molecule has 0 bridgehead atoms. The predicted molar refractivity (Wildman–Crippen MR) is 77.1 cm³/mol. The molecule has 0 amide bonds. The van der Waals surface area contributed by atoms with Crippen LogP contribution in [-0.2, 0) is 12.8 Å². The summed E-state index contributed by atoms with van der Waals surface area (Å²) in [5.74, 6) is 1.38. The van der Waals surface area contributed by atoms with Gasteiger partial charge in [-0.05, 0) is 43.8 Å². The third kappa shape index (κ3) is 2.82. The first kappa shape index (κ1) is 13.1. The molecule has 0 spiro atoms. The van der Waals surface area contributed by atoms with Gasteiger partial charge in [-0.3, -0.25) is 4.98 Å². The summed E-state index contributed by atoms with van der Waals surface area (Å²) in [4.78, 5) is 17.4. The zero-order chi connectivity index (χ0) is 13.8. The summed E-state index contributed by atoms with van der Waals surface area (Å²) in [6, 6.07) is 0. The maximum absolute atomic E-state index is 4.66. The number of nitrogens with zero attached hydrogens (tertiary/aromatic N) is 4. The summed E-state index contributed by atoms with van der Waals surface area (Å²) >= 11 is 0. The predicted octanol–water partition coefficient (Wildman–Crippen LogP) is 1.65. The molecule has 2 heterocycles. The van der Waals surface area contributed by atoms with E-state index in [1.54, 1.807) is 18.6 Å². The van der Waals surface area contributed by atoms with Gasteiger partial charge in [0.25, 0.3) is 0 Å². The highest BCUT2D eigenvalue weighted by atomic mass is 14.9. The maximum atomic E-state index is 4.66. The molecule has 1 aliphatic rings. The van der Waals surface area contributed by atoms with Crippen LogP contribution in [0, 0.1) is 5.92 Å². The molecule has 20 heavy (non-hydrogen) atoms. The Labute approximate surface area is 118 Å². The van der Waals surface area contributed by atoms with Gasteiger partial charge in [0, 0.05) is 24.3 Å². The summed E-state index contributed by atoms with van der Waals surface area (Å²) in [5, 5.41) is 3.43. The molecule has 0 saturated heterocycles. The number of aromatic nitrogens is 4. The number of nitrogens with one attached hydrogen (secondary N) is 1. The SMILES string of the molecule is CCNCC1CCc2nc(-c3cnccn3)ncc2C1. The molecule has 1 aliphatic carbocycles. The van der Waals surface area contributed by atoms with Gasteiger partial charge in [-0.2, -0.15) is 0 Å². The highest BCUT2D eigenvalue weighted by Gasteiger charge is 2.20. The Morgan fingerprint density at radius 2 is 2.20 bits per heavy atom. The van der Waals surface area contributed by atoms with Gasteiger partial charge in [-0.1, -0.05) is 6.92 Å². The Kier molecular flexibility index (Phi) is 3.97. The molecule has 3 rings (SSSR count). The molecular formula is C15H19N5. The van der Waals surface area contributed by atoms with E-state index in [4.69, 9.17) is 0 Å². The molecule has 5 heteroatoms. The van der Waals surface area contributed by atoms with Crippen LogP contribution in [-0.4, -0.2) is 33.0 Å². The van der Waals surface area contributed by atoms with Crippen molar-refractivity contribution in [3.05, 3.63) is 36.0 Å². The summed E-state index contributed by atoms with van der Waals surface area (Å²) < 4.78 is 0. The van der Waals surface area contributed by atoms with Crippen molar-refractivity contribution in [2.75, 3.05) is 13.1 Å². The van der Waals surface area contributed by atoms with Crippen molar-refractivity contribution >= 4 is 0 Å². The number of rotatable bonds is 4. The van der Waals surface area contributed by atoms with Crippen LogP contribution in [0.2, 0.25) is 0 Å². The van der Waals surface area contributed by atoms with E-state index < -0.39 is 0 Å². The third-order valence-corrected chi connectivity index (χ3v) is 3.73. The molecule has 2 aromatic rings. The van der Waals surface area contributed by atoms with E-state index in [1.165, 1.54) is 17.7 Å². The Hall–Kier alpha value is -1.88. The molecule has 2 aromatic heterocycles. The largest absolute Gasteiger partial charge is 0.317 e. The summed E-state index contributed by atoms with van der Waals surface area (Å²) in [6.45, 7) is 4.26. The van der Waals surface area contributed by atoms with Crippen LogP contribution in [0.15, 0.2) is 24.8 Å². The Morgan fingerprint density at radius 3 is 3.00 bits per heavy atom. The smallest absolute Gasteiger partial charge is 0.179 e. The number of hydrogen-bond acceptors (Lipinski definition) is 5. The van der Waals surface area contributed by atoms with Crippen molar-refractivity contribution in [3.63, 3.8) is 0 Å². The summed E-state index contributed by atoms with van der Waals surface area (Å²) in [5.41, 5.74) is 3.20. The van der Waals surface area contributed by atoms with Crippen molar-refractivity contribution in [1.29, 1.82) is 0 Å². The third-order valence-electron chi connectivity index (χ3n) is 3.73. The minimum Gasteiger partial charge on any atom is -0.317 e. The zero-order valence-corrected chi connectivity index (χ0v) is 11.7. The molecule has 0 aromatic carbocycles. The van der Waals surface area contributed by atoms with Crippen LogP contribution in [0.25, 0.3) is 11.5 Å². The molecule has 1 atom stereocenters. The number of fused-ring (bicyclic) bond motifs is 1. The molecule has 0 radical (unpaired) electrons. The quantitative estimate of drug-likeness (QED) is 0.914. The molecule has 1 N–H and O–H groups in total. The second-order valence-electron chi connectivity index (χ2n) is 5.17. The van der Waals surface area contributed by atoms with Crippen molar-refractivity contribution in [2.45, 2.75) is 26.2 Å². The van der Waals surface area contributed by atoms with E-state index in [-0.39, 0.29) is 0 Å². The minimum atomic E-state index is 0.682. The van der Waals surface area contributed by atoms with Crippen molar-refractivity contribution < 1.29 is 0 Å². The fourth-order valence-electron chi connectivity index (χ4n) is 2.64. The van der Waals surface area contributed by atoms with Crippen LogP contribution in [0.5, 0.6) is 0 Å². The number of hydrogen-bond donors (Lipinski definition) is 1. The van der Waals surface area contributed by atoms with Gasteiger partial charge in [0.15, 0.2) is 5.82 Å². The van der Waals surface area contributed by atoms with Crippen LogP contribution in [0.4, 0.5) is 0 Å². The lowest BCUT2D eigenvalue weighted by Crippen LogP contribution is -2.27. The van der Waals surface area contributed by atoms with E-state index in [2.05, 4.69) is 32.2 Å². The lowest BCUT2D eigenvalue weighted by molar-refractivity contribution is 0.424. The lowest BCUT2D eigenvalue weighted by Gasteiger charge is -2.23. The van der Waals surface area contributed by atoms with E-state index >= 15 is 0 Å². The van der Waals surface area contributed by atoms with Crippen molar-refractivity contribution in [1.82, 2.24) is 25.3 Å². The number of aryl methyl sites for hydroxylation is 1. The second kappa shape index (κ2) is 6.05. The van der Waals surface area contributed by atoms with Crippen LogP contribution < -0.4 is 5.32 Å². The van der Waals surface area contributed by atoms with Gasteiger partial charge < -0.3 is 5.32 Å². The van der Waals surface area contributed by atoms with Crippen molar-refractivity contribution in [2.24, 2.45) is 5.92 Å². The zero-order valence-electron chi connectivity index (χ0n) is 11.7. The Bertz CT molecular complexity index is 570. The van der Waals surface area contributed by atoms with E-state index in [1.807, 2.05) is 6.20 Å². The van der Waals surface area contributed by atoms with Gasteiger partial charge in [0.1, 0.15) is 5.69 Å². The minimum absolute atomic E-state index is 0.682. The molecule has 0 fully saturated rings. The first-order valence-electron chi connectivity index (χ1n) is 7.18. The lowest BCUT2D eigenvalue weighted by atomic mass is 9.87. The summed E-state index contributed by atoms with van der Waals surface area (Å²) in [6.07, 6.45) is 10.3. The normalized spacial score (nSPS) is 17.8. The van der Waals surface area contributed by atoms with Gasteiger partial charge in [0.05, 0.1) is 6.20 Å². The molecule has 0 saturated carbocycles. The second-order valence-corrected chi connectivity index (χ2v) is 5.17. The first-order valence-corrected chi connectivity index (χ1v) is 7.18. The highest BCUT2D eigenvalue weighted by molar-refractivity contribution is 5.47. The average Bonchev–Trinajstić information content (AvgIpc) is 2.53. The fourth-order valence-corrected chi connectivity index (χ4v) is 2.64. The average molecular weight is 269 g/mol. The van der Waals surface area contributed by atoms with E-state index in [9.17, 15) is 0 Å². The topological polar surface area (TPSA) is 63.6 Å². The molecular weight excluding hydrogens is 250 g/mol. The Morgan fingerprint density at radius 1 is 1.25 bits per heavy atom. The van der Waals surface area contributed by atoms with Gasteiger partial charge in [-0.15, -0.1) is 0 Å². The van der Waals surface area contributed by atoms with Gasteiger partial charge in [0.2, 0.25) is 0 Å². The van der Waals surface area contributed by atoms with Gasteiger partial charge in [-0.25, -0.2) is 15.0 Å². The molecule has 104 valence electrons. The van der Waals surface area contributed by atoms with Gasteiger partial charge >= 0.3 is 0 Å². The first-order chi connectivity index (χ1) is 9.86. The van der Waals surface area contributed by atoms with E-state index in [0.29, 0.717) is 11.7 Å². The molecule has 5 nitrogen and oxygen atoms in total. The molecule has 1 unspecified atom stereocenters. The standard InChI is InChI=1S/C15H19N5/c1-2-16-8-11-3-4-13-12(7-11)9-19-15(20-13)14-10-17-5-6-18-14/h5-6,9-11,16H,2-4,7-8H2,1H3. The molecule has 0 aliphatic heterocycles.